The van der Waals surface area contributed by atoms with Crippen LogP contribution in [0.3, 0.4) is 0 Å². The van der Waals surface area contributed by atoms with E-state index in [9.17, 15) is 23.9 Å². The van der Waals surface area contributed by atoms with Gasteiger partial charge in [-0.25, -0.2) is 14.7 Å². The van der Waals surface area contributed by atoms with Gasteiger partial charge >= 0.3 is 6.09 Å². The topological polar surface area (TPSA) is 134 Å². The first-order valence-electron chi connectivity index (χ1n) is 9.56. The van der Waals surface area contributed by atoms with E-state index in [1.165, 1.54) is 48.8 Å². The summed E-state index contributed by atoms with van der Waals surface area (Å²) in [5.41, 5.74) is 2.38. The first-order chi connectivity index (χ1) is 15.2. The van der Waals surface area contributed by atoms with Gasteiger partial charge in [-0.15, -0.1) is 0 Å². The van der Waals surface area contributed by atoms with Crippen molar-refractivity contribution in [1.82, 2.24) is 5.48 Å². The van der Waals surface area contributed by atoms with Crippen LogP contribution >= 0.6 is 0 Å². The summed E-state index contributed by atoms with van der Waals surface area (Å²) < 4.78 is 25.0. The molecular weight excluding hydrogens is 423 g/mol. The Labute approximate surface area is 183 Å². The number of nitrogens with one attached hydrogen (secondary N) is 2. The molecule has 0 spiro atoms. The number of amides is 2. The largest absolute Gasteiger partial charge is 0.505 e. The number of hydrogen-bond donors (Lipinski definition) is 4. The third kappa shape index (κ3) is 6.89. The third-order valence-corrected chi connectivity index (χ3v) is 4.28. The maximum Gasteiger partial charge on any atom is 0.412 e. The summed E-state index contributed by atoms with van der Waals surface area (Å²) in [6, 6.07) is 9.49. The van der Waals surface area contributed by atoms with Gasteiger partial charge in [0.25, 0.3) is 5.91 Å². The second-order valence-corrected chi connectivity index (χ2v) is 6.55. The summed E-state index contributed by atoms with van der Waals surface area (Å²) >= 11 is 0. The minimum absolute atomic E-state index is 0.133. The summed E-state index contributed by atoms with van der Waals surface area (Å²) in [7, 11) is 0. The van der Waals surface area contributed by atoms with Crippen molar-refractivity contribution in [3.8, 4) is 5.75 Å². The zero-order chi connectivity index (χ0) is 23.7. The highest BCUT2D eigenvalue weighted by Gasteiger charge is 2.27. The highest BCUT2D eigenvalue weighted by atomic mass is 19.1. The van der Waals surface area contributed by atoms with Crippen LogP contribution in [0.5, 0.6) is 5.75 Å². The number of hydrogen-bond acceptors (Lipinski definition) is 7. The van der Waals surface area contributed by atoms with Gasteiger partial charge in [-0.3, -0.25) is 20.1 Å². The minimum Gasteiger partial charge on any atom is -0.505 e. The lowest BCUT2D eigenvalue weighted by molar-refractivity contribution is -0.124. The van der Waals surface area contributed by atoms with E-state index in [-0.39, 0.29) is 18.0 Å². The molecule has 2 aromatic carbocycles. The zero-order valence-electron chi connectivity index (χ0n) is 17.4. The van der Waals surface area contributed by atoms with Gasteiger partial charge in [0.1, 0.15) is 6.10 Å². The molecule has 9 nitrogen and oxygen atoms in total. The number of halogens is 1. The van der Waals surface area contributed by atoms with Crippen LogP contribution in [-0.4, -0.2) is 40.8 Å². The molecule has 32 heavy (non-hydrogen) atoms. The van der Waals surface area contributed by atoms with Crippen molar-refractivity contribution in [3.05, 3.63) is 71.6 Å². The van der Waals surface area contributed by atoms with E-state index >= 15 is 0 Å². The molecule has 2 rings (SSSR count). The monoisotopic (exact) mass is 446 g/mol. The van der Waals surface area contributed by atoms with Crippen molar-refractivity contribution in [2.24, 2.45) is 0 Å². The molecular formula is C22H23FN2O7. The maximum absolute atomic E-state index is 14.0. The van der Waals surface area contributed by atoms with Gasteiger partial charge in [-0.1, -0.05) is 6.07 Å². The molecule has 0 bridgehead atoms. The van der Waals surface area contributed by atoms with E-state index in [0.717, 1.165) is 18.2 Å². The summed E-state index contributed by atoms with van der Waals surface area (Å²) in [6.45, 7) is 3.24. The van der Waals surface area contributed by atoms with Crippen LogP contribution in [0.15, 0.2) is 54.6 Å². The number of hydroxylamine groups is 1. The first kappa shape index (κ1) is 24.5. The lowest BCUT2D eigenvalue weighted by Gasteiger charge is -2.25. The lowest BCUT2D eigenvalue weighted by atomic mass is 10.0. The van der Waals surface area contributed by atoms with Crippen molar-refractivity contribution in [3.63, 3.8) is 0 Å². The van der Waals surface area contributed by atoms with Crippen molar-refractivity contribution in [2.45, 2.75) is 26.1 Å². The van der Waals surface area contributed by atoms with Gasteiger partial charge in [0.2, 0.25) is 0 Å². The van der Waals surface area contributed by atoms with Gasteiger partial charge < -0.3 is 14.6 Å². The SMILES string of the molecule is CCO[C@@H](/C=C/C(=O)NO)[C@@H](OC(=O)Nc1ccc(C(C)=O)cc1)c1ccc(O)c(F)c1. The van der Waals surface area contributed by atoms with E-state index in [1.54, 1.807) is 6.92 Å². The molecule has 10 heteroatoms. The van der Waals surface area contributed by atoms with Gasteiger partial charge in [-0.2, -0.15) is 0 Å². The van der Waals surface area contributed by atoms with Crippen molar-refractivity contribution < 1.29 is 38.6 Å². The highest BCUT2D eigenvalue weighted by molar-refractivity contribution is 5.95. The standard InChI is InChI=1S/C22H23FN2O7/c1-3-31-19(10-11-20(28)25-30)21(15-6-9-18(27)17(23)12-15)32-22(29)24-16-7-4-14(5-8-16)13(2)26/h4-12,19,21,27,30H,3H2,1-2H3,(H,24,29)(H,25,28)/b11-10+/t19-,21-/m0/s1. The zero-order valence-corrected chi connectivity index (χ0v) is 17.4. The number of ether oxygens (including phenoxy) is 2. The van der Waals surface area contributed by atoms with Crippen LogP contribution in [0.4, 0.5) is 14.9 Å². The predicted molar refractivity (Wildman–Crippen MR) is 112 cm³/mol. The quantitative estimate of drug-likeness (QED) is 0.200. The average molecular weight is 446 g/mol. The normalized spacial score (nSPS) is 12.8. The van der Waals surface area contributed by atoms with Gasteiger partial charge in [-0.05, 0) is 61.9 Å². The van der Waals surface area contributed by atoms with E-state index < -0.39 is 35.8 Å². The van der Waals surface area contributed by atoms with Crippen LogP contribution in [0.2, 0.25) is 0 Å². The smallest absolute Gasteiger partial charge is 0.412 e. The molecule has 4 N–H and O–H groups in total. The van der Waals surface area contributed by atoms with Crippen LogP contribution in [0, 0.1) is 5.82 Å². The third-order valence-electron chi connectivity index (χ3n) is 4.28. The first-order valence-corrected chi connectivity index (χ1v) is 9.56. The molecule has 0 radical (unpaired) electrons. The van der Waals surface area contributed by atoms with Crippen molar-refractivity contribution in [1.29, 1.82) is 0 Å². The highest BCUT2D eigenvalue weighted by Crippen LogP contribution is 2.29. The van der Waals surface area contributed by atoms with E-state index in [2.05, 4.69) is 5.32 Å². The fraction of sp³-hybridized carbons (Fsp3) is 0.227. The van der Waals surface area contributed by atoms with E-state index in [0.29, 0.717) is 11.3 Å². The van der Waals surface area contributed by atoms with E-state index in [4.69, 9.17) is 14.7 Å². The number of Topliss-reactive ketones (excluding diaryl/α,β-unsaturated/α-hetero) is 1. The second-order valence-electron chi connectivity index (χ2n) is 6.55. The van der Waals surface area contributed by atoms with Gasteiger partial charge in [0.05, 0.1) is 0 Å². The second kappa shape index (κ2) is 11.6. The van der Waals surface area contributed by atoms with Crippen LogP contribution in [-0.2, 0) is 14.3 Å². The molecule has 2 atom stereocenters. The number of anilines is 1. The number of phenols is 1. The number of phenolic OH excluding ortho intramolecular Hbond substituents is 1. The molecule has 2 aromatic rings. The summed E-state index contributed by atoms with van der Waals surface area (Å²) in [5.74, 6) is -2.51. The Hall–Kier alpha value is -3.76. The molecule has 0 aliphatic rings. The lowest BCUT2D eigenvalue weighted by Crippen LogP contribution is -2.28. The van der Waals surface area contributed by atoms with Gasteiger partial charge in [0, 0.05) is 23.9 Å². The average Bonchev–Trinajstić information content (AvgIpc) is 2.77. The molecule has 0 heterocycles. The number of carbonyl (C=O) groups is 3. The van der Waals surface area contributed by atoms with Crippen LogP contribution in [0.1, 0.15) is 35.9 Å². The van der Waals surface area contributed by atoms with Crippen LogP contribution < -0.4 is 10.8 Å². The molecule has 0 saturated heterocycles. The Balaban J connectivity index is 2.30. The Morgan fingerprint density at radius 1 is 1.16 bits per heavy atom. The molecule has 0 aliphatic heterocycles. The van der Waals surface area contributed by atoms with Crippen molar-refractivity contribution >= 4 is 23.5 Å². The molecule has 0 aromatic heterocycles. The Bertz CT molecular complexity index is 992. The molecule has 0 saturated carbocycles. The molecule has 2 amide bonds. The Morgan fingerprint density at radius 2 is 1.84 bits per heavy atom. The fourth-order valence-corrected chi connectivity index (χ4v) is 2.73. The number of carbonyl (C=O) groups excluding carboxylic acids is 3. The molecule has 0 fully saturated rings. The number of ketones is 1. The number of benzene rings is 2. The fourth-order valence-electron chi connectivity index (χ4n) is 2.73. The summed E-state index contributed by atoms with van der Waals surface area (Å²) in [4.78, 5) is 35.3. The maximum atomic E-state index is 14.0. The molecule has 170 valence electrons. The molecule has 0 unspecified atom stereocenters. The Morgan fingerprint density at radius 3 is 2.41 bits per heavy atom. The number of rotatable bonds is 9. The van der Waals surface area contributed by atoms with Crippen molar-refractivity contribution in [2.75, 3.05) is 11.9 Å². The van der Waals surface area contributed by atoms with E-state index in [1.807, 2.05) is 0 Å². The molecule has 0 aliphatic carbocycles. The Kier molecular flexibility index (Phi) is 8.87. The summed E-state index contributed by atoms with van der Waals surface area (Å²) in [5, 5.41) is 20.6. The number of aromatic hydroxyl groups is 1. The van der Waals surface area contributed by atoms with Gasteiger partial charge in [0.15, 0.2) is 23.5 Å². The predicted octanol–water partition coefficient (Wildman–Crippen LogP) is 3.49. The van der Waals surface area contributed by atoms with Crippen LogP contribution in [0.25, 0.3) is 0 Å². The minimum atomic E-state index is -1.22. The summed E-state index contributed by atoms with van der Waals surface area (Å²) in [6.07, 6.45) is -0.967.